The molecule has 0 aromatic carbocycles. The second-order valence-corrected chi connectivity index (χ2v) is 5.27. The van der Waals surface area contributed by atoms with Crippen LogP contribution in [0.5, 0.6) is 0 Å². The van der Waals surface area contributed by atoms with E-state index in [1.54, 1.807) is 6.92 Å². The first-order valence-corrected chi connectivity index (χ1v) is 6.84. The van der Waals surface area contributed by atoms with Crippen molar-refractivity contribution in [2.24, 2.45) is 13.0 Å². The van der Waals surface area contributed by atoms with Gasteiger partial charge in [-0.05, 0) is 45.3 Å². The molecule has 0 radical (unpaired) electrons. The van der Waals surface area contributed by atoms with Crippen LogP contribution in [-0.2, 0) is 24.8 Å². The Morgan fingerprint density at radius 3 is 2.61 bits per heavy atom. The Kier molecular flexibility index (Phi) is 4.17. The van der Waals surface area contributed by atoms with E-state index < -0.39 is 0 Å². The van der Waals surface area contributed by atoms with Gasteiger partial charge in [0.05, 0.1) is 11.4 Å². The number of likely N-dealkylation sites (tertiary alicyclic amines) is 1. The van der Waals surface area contributed by atoms with Crippen LogP contribution in [0, 0.1) is 5.92 Å². The lowest BCUT2D eigenvalue weighted by molar-refractivity contribution is -0.122. The molecule has 1 fully saturated rings. The lowest BCUT2D eigenvalue weighted by Gasteiger charge is -2.30. The van der Waals surface area contributed by atoms with Crippen LogP contribution < -0.4 is 0 Å². The number of carbonyl (C=O) groups is 1. The predicted molar refractivity (Wildman–Crippen MR) is 71.3 cm³/mol. The smallest absolute Gasteiger partial charge is 0.133 e. The first-order chi connectivity index (χ1) is 8.60. The third kappa shape index (κ3) is 2.99. The van der Waals surface area contributed by atoms with E-state index in [1.807, 2.05) is 11.7 Å². The topological polar surface area (TPSA) is 38.1 Å². The molecule has 4 nitrogen and oxygen atoms in total. The van der Waals surface area contributed by atoms with Crippen molar-refractivity contribution in [3.8, 4) is 0 Å². The van der Waals surface area contributed by atoms with E-state index in [1.165, 1.54) is 5.69 Å². The highest BCUT2D eigenvalue weighted by Crippen LogP contribution is 2.19. The van der Waals surface area contributed by atoms with Gasteiger partial charge in [0.25, 0.3) is 0 Å². The van der Waals surface area contributed by atoms with Crippen molar-refractivity contribution in [3.63, 3.8) is 0 Å². The second-order valence-electron chi connectivity index (χ2n) is 5.27. The summed E-state index contributed by atoms with van der Waals surface area (Å²) < 4.78 is 1.98. The van der Waals surface area contributed by atoms with Crippen molar-refractivity contribution in [1.82, 2.24) is 14.7 Å². The maximum atomic E-state index is 11.3. The maximum Gasteiger partial charge on any atom is 0.133 e. The zero-order valence-electron chi connectivity index (χ0n) is 11.6. The van der Waals surface area contributed by atoms with Gasteiger partial charge in [-0.2, -0.15) is 5.10 Å². The fourth-order valence-corrected chi connectivity index (χ4v) is 2.62. The van der Waals surface area contributed by atoms with Gasteiger partial charge in [0.2, 0.25) is 0 Å². The molecule has 0 aliphatic carbocycles. The number of aromatic nitrogens is 2. The summed E-state index contributed by atoms with van der Waals surface area (Å²) in [4.78, 5) is 13.8. The summed E-state index contributed by atoms with van der Waals surface area (Å²) in [7, 11) is 2.01. The van der Waals surface area contributed by atoms with Crippen LogP contribution in [0.3, 0.4) is 0 Å². The first-order valence-electron chi connectivity index (χ1n) is 6.84. The highest BCUT2D eigenvalue weighted by atomic mass is 16.1. The van der Waals surface area contributed by atoms with E-state index >= 15 is 0 Å². The molecule has 2 rings (SSSR count). The molecule has 1 aromatic rings. The van der Waals surface area contributed by atoms with Crippen molar-refractivity contribution in [3.05, 3.63) is 17.5 Å². The van der Waals surface area contributed by atoms with Gasteiger partial charge in [-0.15, -0.1) is 0 Å². The van der Waals surface area contributed by atoms with Crippen LogP contribution in [0.15, 0.2) is 6.07 Å². The highest BCUT2D eigenvalue weighted by Gasteiger charge is 2.22. The molecule has 0 bridgehead atoms. The summed E-state index contributed by atoms with van der Waals surface area (Å²) in [5, 5.41) is 4.47. The number of piperidine rings is 1. The van der Waals surface area contributed by atoms with Crippen molar-refractivity contribution in [2.45, 2.75) is 39.7 Å². The number of hydrogen-bond donors (Lipinski definition) is 0. The molecule has 0 N–H and O–H groups in total. The van der Waals surface area contributed by atoms with Crippen LogP contribution >= 0.6 is 0 Å². The van der Waals surface area contributed by atoms with Gasteiger partial charge in [0.1, 0.15) is 5.78 Å². The Labute approximate surface area is 109 Å². The summed E-state index contributed by atoms with van der Waals surface area (Å²) in [6.07, 6.45) is 3.00. The molecule has 1 aliphatic rings. The van der Waals surface area contributed by atoms with Crippen LogP contribution in [0.2, 0.25) is 0 Å². The Balaban J connectivity index is 1.91. The van der Waals surface area contributed by atoms with Crippen LogP contribution in [0.1, 0.15) is 38.1 Å². The summed E-state index contributed by atoms with van der Waals surface area (Å²) in [5.74, 6) is 0.641. The van der Waals surface area contributed by atoms with Crippen molar-refractivity contribution in [1.29, 1.82) is 0 Å². The number of aryl methyl sites for hydroxylation is 2. The molecule has 2 heterocycles. The van der Waals surface area contributed by atoms with Gasteiger partial charge < -0.3 is 0 Å². The largest absolute Gasteiger partial charge is 0.300 e. The molecule has 0 atom stereocenters. The normalized spacial score (nSPS) is 18.2. The third-order valence-corrected chi connectivity index (χ3v) is 3.94. The fraction of sp³-hybridized carbons (Fsp3) is 0.714. The average molecular weight is 249 g/mol. The minimum atomic E-state index is 0.291. The third-order valence-electron chi connectivity index (χ3n) is 3.94. The molecule has 100 valence electrons. The molecular weight excluding hydrogens is 226 g/mol. The van der Waals surface area contributed by atoms with Gasteiger partial charge in [0.15, 0.2) is 0 Å². The lowest BCUT2D eigenvalue weighted by atomic mass is 9.93. The number of hydrogen-bond acceptors (Lipinski definition) is 3. The Morgan fingerprint density at radius 1 is 1.44 bits per heavy atom. The fourth-order valence-electron chi connectivity index (χ4n) is 2.62. The number of rotatable bonds is 4. The minimum absolute atomic E-state index is 0.291. The molecule has 0 saturated carbocycles. The Morgan fingerprint density at radius 2 is 2.11 bits per heavy atom. The SMILES string of the molecule is CCc1cc(CN2CCC(C(C)=O)CC2)n(C)n1. The van der Waals surface area contributed by atoms with Crippen LogP contribution in [0.25, 0.3) is 0 Å². The quantitative estimate of drug-likeness (QED) is 0.816. The maximum absolute atomic E-state index is 11.3. The van der Waals surface area contributed by atoms with Gasteiger partial charge in [-0.3, -0.25) is 14.4 Å². The van der Waals surface area contributed by atoms with Gasteiger partial charge in [-0.1, -0.05) is 6.92 Å². The molecule has 0 spiro atoms. The van der Waals surface area contributed by atoms with E-state index in [2.05, 4.69) is 23.0 Å². The van der Waals surface area contributed by atoms with Gasteiger partial charge >= 0.3 is 0 Å². The van der Waals surface area contributed by atoms with E-state index in [-0.39, 0.29) is 0 Å². The number of Topliss-reactive ketones (excluding diaryl/α,β-unsaturated/α-hetero) is 1. The molecule has 1 aromatic heterocycles. The zero-order chi connectivity index (χ0) is 13.1. The van der Waals surface area contributed by atoms with E-state index in [0.717, 1.165) is 44.6 Å². The first kappa shape index (κ1) is 13.3. The Bertz CT molecular complexity index is 417. The summed E-state index contributed by atoms with van der Waals surface area (Å²) in [6, 6.07) is 2.19. The molecule has 1 saturated heterocycles. The molecule has 4 heteroatoms. The molecule has 0 unspecified atom stereocenters. The van der Waals surface area contributed by atoms with Gasteiger partial charge in [0, 0.05) is 19.5 Å². The van der Waals surface area contributed by atoms with Crippen LogP contribution in [-0.4, -0.2) is 33.6 Å². The van der Waals surface area contributed by atoms with Crippen molar-refractivity contribution >= 4 is 5.78 Å². The average Bonchev–Trinajstić information content (AvgIpc) is 2.71. The Hall–Kier alpha value is -1.16. The standard InChI is InChI=1S/C14H23N3O/c1-4-13-9-14(16(3)15-13)10-17-7-5-12(6-8-17)11(2)18/h9,12H,4-8,10H2,1-3H3. The molecule has 0 amide bonds. The summed E-state index contributed by atoms with van der Waals surface area (Å²) in [5.41, 5.74) is 2.43. The minimum Gasteiger partial charge on any atom is -0.300 e. The van der Waals surface area contributed by atoms with Gasteiger partial charge in [-0.25, -0.2) is 0 Å². The highest BCUT2D eigenvalue weighted by molar-refractivity contribution is 5.78. The second kappa shape index (κ2) is 5.65. The zero-order valence-corrected chi connectivity index (χ0v) is 11.6. The van der Waals surface area contributed by atoms with Crippen LogP contribution in [0.4, 0.5) is 0 Å². The van der Waals surface area contributed by atoms with Crippen molar-refractivity contribution < 1.29 is 4.79 Å². The molecule has 18 heavy (non-hydrogen) atoms. The van der Waals surface area contributed by atoms with E-state index in [0.29, 0.717) is 11.7 Å². The number of ketones is 1. The van der Waals surface area contributed by atoms with E-state index in [9.17, 15) is 4.79 Å². The predicted octanol–water partition coefficient (Wildman–Crippen LogP) is 1.78. The molecule has 1 aliphatic heterocycles. The number of nitrogens with zero attached hydrogens (tertiary/aromatic N) is 3. The van der Waals surface area contributed by atoms with E-state index in [4.69, 9.17) is 0 Å². The number of carbonyl (C=O) groups excluding carboxylic acids is 1. The lowest BCUT2D eigenvalue weighted by Crippen LogP contribution is -2.35. The summed E-state index contributed by atoms with van der Waals surface area (Å²) >= 11 is 0. The monoisotopic (exact) mass is 249 g/mol. The van der Waals surface area contributed by atoms with Crippen molar-refractivity contribution in [2.75, 3.05) is 13.1 Å². The molecular formula is C14H23N3O. The summed E-state index contributed by atoms with van der Waals surface area (Å²) in [6.45, 7) is 6.85.